The molecule has 1 aliphatic rings. The number of hydrogen-bond donors (Lipinski definition) is 2. The van der Waals surface area contributed by atoms with Crippen LogP contribution in [0.4, 0.5) is 5.82 Å². The van der Waals surface area contributed by atoms with Crippen LogP contribution in [0.5, 0.6) is 0 Å². The van der Waals surface area contributed by atoms with E-state index in [1.165, 1.54) is 0 Å². The molecule has 1 atom stereocenters. The van der Waals surface area contributed by atoms with Crippen LogP contribution in [0.3, 0.4) is 0 Å². The average Bonchev–Trinajstić information content (AvgIpc) is 2.38. The highest BCUT2D eigenvalue weighted by Gasteiger charge is 2.15. The first-order valence-corrected chi connectivity index (χ1v) is 6.32. The van der Waals surface area contributed by atoms with E-state index in [1.54, 1.807) is 6.20 Å². The predicted octanol–water partition coefficient (Wildman–Crippen LogP) is 1.24. The zero-order valence-corrected chi connectivity index (χ0v) is 10.6. The topological polar surface area (TPSA) is 48.4 Å². The molecule has 1 aromatic heterocycles. The average molecular weight is 235 g/mol. The van der Waals surface area contributed by atoms with Crippen molar-refractivity contribution in [2.75, 3.05) is 31.1 Å². The number of aryl methyl sites for hydroxylation is 1. The lowest BCUT2D eigenvalue weighted by molar-refractivity contribution is 0.173. The van der Waals surface area contributed by atoms with Gasteiger partial charge in [-0.2, -0.15) is 0 Å². The van der Waals surface area contributed by atoms with Crippen molar-refractivity contribution in [3.05, 3.63) is 23.4 Å². The van der Waals surface area contributed by atoms with Gasteiger partial charge in [-0.1, -0.05) is 6.92 Å². The lowest BCUT2D eigenvalue weighted by Gasteiger charge is -2.29. The Bertz CT molecular complexity index is 375. The van der Waals surface area contributed by atoms with E-state index in [0.29, 0.717) is 0 Å². The maximum atomic E-state index is 9.79. The van der Waals surface area contributed by atoms with Crippen LogP contribution in [0.2, 0.25) is 0 Å². The molecule has 0 aromatic carbocycles. The van der Waals surface area contributed by atoms with Gasteiger partial charge in [0, 0.05) is 32.4 Å². The molecule has 2 rings (SSSR count). The van der Waals surface area contributed by atoms with E-state index < -0.39 is 6.10 Å². The highest BCUT2D eigenvalue weighted by atomic mass is 16.3. The van der Waals surface area contributed by atoms with Crippen LogP contribution in [-0.4, -0.2) is 36.3 Å². The third-order valence-corrected chi connectivity index (χ3v) is 3.26. The van der Waals surface area contributed by atoms with Crippen molar-refractivity contribution in [1.29, 1.82) is 0 Å². The number of anilines is 1. The van der Waals surface area contributed by atoms with Gasteiger partial charge in [0.25, 0.3) is 0 Å². The van der Waals surface area contributed by atoms with Gasteiger partial charge in [0.1, 0.15) is 5.82 Å². The summed E-state index contributed by atoms with van der Waals surface area (Å²) < 4.78 is 0. The first-order valence-electron chi connectivity index (χ1n) is 6.32. The Labute approximate surface area is 103 Å². The van der Waals surface area contributed by atoms with Crippen LogP contribution in [0.25, 0.3) is 0 Å². The minimum absolute atomic E-state index is 0.390. The summed E-state index contributed by atoms with van der Waals surface area (Å²) in [4.78, 5) is 6.81. The summed E-state index contributed by atoms with van der Waals surface area (Å²) in [5.41, 5.74) is 2.07. The Balaban J connectivity index is 2.18. The molecule has 0 amide bonds. The Morgan fingerprint density at radius 3 is 2.76 bits per heavy atom. The fourth-order valence-corrected chi connectivity index (χ4v) is 2.21. The van der Waals surface area contributed by atoms with Crippen LogP contribution in [0, 0.1) is 6.92 Å². The summed E-state index contributed by atoms with van der Waals surface area (Å²) in [6.07, 6.45) is 2.14. The summed E-state index contributed by atoms with van der Waals surface area (Å²) in [6.45, 7) is 8.08. The zero-order chi connectivity index (χ0) is 12.3. The molecule has 0 radical (unpaired) electrons. The van der Waals surface area contributed by atoms with Crippen molar-refractivity contribution >= 4 is 5.82 Å². The molecule has 1 aromatic rings. The smallest absolute Gasteiger partial charge is 0.131 e. The number of piperazine rings is 1. The van der Waals surface area contributed by atoms with Crippen LogP contribution >= 0.6 is 0 Å². The zero-order valence-electron chi connectivity index (χ0n) is 10.6. The first-order chi connectivity index (χ1) is 8.22. The molecule has 1 fully saturated rings. The summed E-state index contributed by atoms with van der Waals surface area (Å²) >= 11 is 0. The van der Waals surface area contributed by atoms with Crippen LogP contribution < -0.4 is 10.2 Å². The normalized spacial score (nSPS) is 18.2. The Morgan fingerprint density at radius 1 is 1.47 bits per heavy atom. The predicted molar refractivity (Wildman–Crippen MR) is 69.3 cm³/mol. The Kier molecular flexibility index (Phi) is 3.97. The van der Waals surface area contributed by atoms with Gasteiger partial charge in [-0.05, 0) is 30.5 Å². The van der Waals surface area contributed by atoms with E-state index in [-0.39, 0.29) is 0 Å². The Hall–Kier alpha value is -1.13. The molecule has 0 bridgehead atoms. The number of hydrogen-bond acceptors (Lipinski definition) is 4. The third-order valence-electron chi connectivity index (χ3n) is 3.26. The van der Waals surface area contributed by atoms with E-state index >= 15 is 0 Å². The summed E-state index contributed by atoms with van der Waals surface area (Å²) in [5.74, 6) is 1.05. The van der Waals surface area contributed by atoms with Gasteiger partial charge in [0.05, 0.1) is 6.10 Å². The number of nitrogens with one attached hydrogen (secondary N) is 1. The fraction of sp³-hybridized carbons (Fsp3) is 0.615. The van der Waals surface area contributed by atoms with E-state index in [9.17, 15) is 5.11 Å². The third kappa shape index (κ3) is 2.76. The molecule has 0 aliphatic carbocycles. The quantitative estimate of drug-likeness (QED) is 0.827. The van der Waals surface area contributed by atoms with E-state index in [1.807, 2.05) is 6.92 Å². The lowest BCUT2D eigenvalue weighted by atomic mass is 10.1. The number of aliphatic hydroxyl groups is 1. The number of nitrogens with zero attached hydrogens (tertiary/aromatic N) is 2. The summed E-state index contributed by atoms with van der Waals surface area (Å²) in [5, 5.41) is 13.1. The Morgan fingerprint density at radius 2 is 2.18 bits per heavy atom. The van der Waals surface area contributed by atoms with Gasteiger partial charge in [-0.3, -0.25) is 0 Å². The van der Waals surface area contributed by atoms with Crippen LogP contribution in [-0.2, 0) is 0 Å². The van der Waals surface area contributed by atoms with Crippen molar-refractivity contribution in [2.45, 2.75) is 26.4 Å². The molecular formula is C13H21N3O. The molecule has 0 saturated carbocycles. The number of aliphatic hydroxyl groups excluding tert-OH is 1. The molecule has 4 heteroatoms. The number of rotatable bonds is 3. The lowest BCUT2D eigenvalue weighted by Crippen LogP contribution is -2.44. The molecule has 0 spiro atoms. The number of aromatic nitrogens is 1. The standard InChI is InChI=1S/C13H21N3O/c1-3-12(17)11-8-10(2)13(15-9-11)16-6-4-14-5-7-16/h8-9,12,14,17H,3-7H2,1-2H3/t12-/m0/s1. The fourth-order valence-electron chi connectivity index (χ4n) is 2.21. The van der Waals surface area contributed by atoms with E-state index in [2.05, 4.69) is 28.2 Å². The van der Waals surface area contributed by atoms with Crippen molar-refractivity contribution in [3.63, 3.8) is 0 Å². The van der Waals surface area contributed by atoms with Gasteiger partial charge in [0.2, 0.25) is 0 Å². The monoisotopic (exact) mass is 235 g/mol. The molecule has 1 saturated heterocycles. The molecular weight excluding hydrogens is 214 g/mol. The van der Waals surface area contributed by atoms with Crippen molar-refractivity contribution in [2.24, 2.45) is 0 Å². The maximum absolute atomic E-state index is 9.79. The first kappa shape index (κ1) is 12.3. The van der Waals surface area contributed by atoms with Crippen molar-refractivity contribution < 1.29 is 5.11 Å². The molecule has 0 unspecified atom stereocenters. The van der Waals surface area contributed by atoms with Gasteiger partial charge < -0.3 is 15.3 Å². The maximum Gasteiger partial charge on any atom is 0.131 e. The molecule has 2 heterocycles. The van der Waals surface area contributed by atoms with Crippen molar-refractivity contribution in [3.8, 4) is 0 Å². The highest BCUT2D eigenvalue weighted by molar-refractivity contribution is 5.48. The second-order valence-corrected chi connectivity index (χ2v) is 4.57. The largest absolute Gasteiger partial charge is 0.388 e. The second kappa shape index (κ2) is 5.47. The van der Waals surface area contributed by atoms with E-state index in [0.717, 1.165) is 49.5 Å². The molecule has 2 N–H and O–H groups in total. The van der Waals surface area contributed by atoms with Crippen molar-refractivity contribution in [1.82, 2.24) is 10.3 Å². The van der Waals surface area contributed by atoms with E-state index in [4.69, 9.17) is 0 Å². The minimum Gasteiger partial charge on any atom is -0.388 e. The molecule has 17 heavy (non-hydrogen) atoms. The molecule has 4 nitrogen and oxygen atoms in total. The van der Waals surface area contributed by atoms with Crippen LogP contribution in [0.1, 0.15) is 30.6 Å². The summed E-state index contributed by atoms with van der Waals surface area (Å²) in [6, 6.07) is 2.05. The SMILES string of the molecule is CC[C@H](O)c1cnc(N2CCNCC2)c(C)c1. The van der Waals surface area contributed by atoms with Gasteiger partial charge >= 0.3 is 0 Å². The second-order valence-electron chi connectivity index (χ2n) is 4.57. The minimum atomic E-state index is -0.390. The molecule has 94 valence electrons. The van der Waals surface area contributed by atoms with Gasteiger partial charge in [0.15, 0.2) is 0 Å². The molecule has 1 aliphatic heterocycles. The van der Waals surface area contributed by atoms with Gasteiger partial charge in [-0.15, -0.1) is 0 Å². The van der Waals surface area contributed by atoms with Crippen LogP contribution in [0.15, 0.2) is 12.3 Å². The van der Waals surface area contributed by atoms with Gasteiger partial charge in [-0.25, -0.2) is 4.98 Å². The highest BCUT2D eigenvalue weighted by Crippen LogP contribution is 2.22. The summed E-state index contributed by atoms with van der Waals surface area (Å²) in [7, 11) is 0. The number of pyridine rings is 1.